The number of hydrogen-bond acceptors (Lipinski definition) is 7. The number of sulfone groups is 1. The number of primary amides is 1. The molecule has 3 heterocycles. The summed E-state index contributed by atoms with van der Waals surface area (Å²) in [5.74, 6) is -0.703. The normalized spacial score (nSPS) is 18.1. The summed E-state index contributed by atoms with van der Waals surface area (Å²) in [6.45, 7) is 2.82. The van der Waals surface area contributed by atoms with Gasteiger partial charge < -0.3 is 20.4 Å². The molecule has 11 heteroatoms. The highest BCUT2D eigenvalue weighted by Crippen LogP contribution is 2.31. The zero-order chi connectivity index (χ0) is 25.9. The Hall–Kier alpha value is -3.05. The predicted molar refractivity (Wildman–Crippen MR) is 133 cm³/mol. The number of pyridine rings is 2. The summed E-state index contributed by atoms with van der Waals surface area (Å²) in [5, 5.41) is 2.26. The van der Waals surface area contributed by atoms with Crippen molar-refractivity contribution in [2.24, 2.45) is 11.7 Å². The molecule has 0 radical (unpaired) electrons. The lowest BCUT2D eigenvalue weighted by atomic mass is 9.91. The van der Waals surface area contributed by atoms with E-state index in [0.29, 0.717) is 38.2 Å². The smallest absolute Gasteiger partial charge is 0.252 e. The van der Waals surface area contributed by atoms with Crippen molar-refractivity contribution in [1.82, 2.24) is 9.55 Å². The number of carbonyl (C=O) groups is 2. The molecule has 2 amide bonds. The predicted octanol–water partition coefficient (Wildman–Crippen LogP) is 2.36. The number of nitrogens with one attached hydrogen (secondary N) is 1. The second kappa shape index (κ2) is 10.9. The van der Waals surface area contributed by atoms with Crippen molar-refractivity contribution in [3.63, 3.8) is 0 Å². The Bertz CT molecular complexity index is 1280. The Morgan fingerprint density at radius 1 is 1.17 bits per heavy atom. The molecule has 2 aromatic heterocycles. The Kier molecular flexibility index (Phi) is 7.89. The topological polar surface area (TPSA) is 150 Å². The van der Waals surface area contributed by atoms with Crippen molar-refractivity contribution in [3.05, 3.63) is 52.1 Å². The number of aromatic nitrogens is 2. The molecule has 36 heavy (non-hydrogen) atoms. The van der Waals surface area contributed by atoms with Gasteiger partial charge in [0.05, 0.1) is 15.7 Å². The van der Waals surface area contributed by atoms with Gasteiger partial charge in [-0.15, -0.1) is 0 Å². The zero-order valence-electron chi connectivity index (χ0n) is 20.3. The lowest BCUT2D eigenvalue weighted by Gasteiger charge is -2.28. The van der Waals surface area contributed by atoms with Crippen LogP contribution in [0.5, 0.6) is 0 Å². The first kappa shape index (κ1) is 26.0. The quantitative estimate of drug-likeness (QED) is 0.547. The van der Waals surface area contributed by atoms with Crippen LogP contribution in [0.1, 0.15) is 67.0 Å². The monoisotopic (exact) mass is 516 g/mol. The molecule has 1 unspecified atom stereocenters. The number of carbonyl (C=O) groups excluding carboxylic acids is 2. The number of amides is 2. The van der Waals surface area contributed by atoms with E-state index in [4.69, 9.17) is 10.5 Å². The second-order valence-electron chi connectivity index (χ2n) is 9.59. The van der Waals surface area contributed by atoms with Gasteiger partial charge in [0, 0.05) is 31.2 Å². The molecule has 0 aromatic carbocycles. The van der Waals surface area contributed by atoms with Crippen molar-refractivity contribution in [3.8, 4) is 0 Å². The van der Waals surface area contributed by atoms with E-state index >= 15 is 0 Å². The number of rotatable bonds is 8. The third-order valence-electron chi connectivity index (χ3n) is 7.11. The highest BCUT2D eigenvalue weighted by atomic mass is 32.2. The largest absolute Gasteiger partial charge is 0.381 e. The van der Waals surface area contributed by atoms with Gasteiger partial charge in [0.15, 0.2) is 9.84 Å². The molecule has 10 nitrogen and oxygen atoms in total. The molecule has 1 saturated heterocycles. The van der Waals surface area contributed by atoms with Gasteiger partial charge in [-0.25, -0.2) is 13.4 Å². The molecule has 1 aliphatic carbocycles. The van der Waals surface area contributed by atoms with Gasteiger partial charge in [-0.1, -0.05) is 12.8 Å². The van der Waals surface area contributed by atoms with Crippen LogP contribution in [0, 0.1) is 12.8 Å². The number of ether oxygens (including phenoxy) is 1. The summed E-state index contributed by atoms with van der Waals surface area (Å²) < 4.78 is 33.0. The van der Waals surface area contributed by atoms with Crippen LogP contribution in [-0.4, -0.2) is 48.2 Å². The fourth-order valence-electron chi connectivity index (χ4n) is 5.09. The average molecular weight is 517 g/mol. The standard InChI is InChI=1S/C25H32N4O6S/c1-16-12-20(36(33,34)19-4-2-3-5-19)14-23(30)29(16)21(13-17-8-10-35-11-9-17)25(32)28-22-7-6-18(15-27-22)24(26)31/h6-7,12,14-15,17,19,21H,2-5,8-11,13H2,1H3,(H2,26,31)(H,27,28,32). The Labute approximate surface area is 210 Å². The maximum atomic E-state index is 13.4. The third-order valence-corrected chi connectivity index (χ3v) is 9.36. The van der Waals surface area contributed by atoms with Gasteiger partial charge in [0.25, 0.3) is 5.56 Å². The first-order valence-corrected chi connectivity index (χ1v) is 13.8. The van der Waals surface area contributed by atoms with Gasteiger partial charge in [0.1, 0.15) is 11.9 Å². The van der Waals surface area contributed by atoms with E-state index in [1.165, 1.54) is 29.0 Å². The SMILES string of the molecule is Cc1cc(S(=O)(=O)C2CCCC2)cc(=O)n1C(CC1CCOCC1)C(=O)Nc1ccc(C(N)=O)cn1. The number of hydrogen-bond donors (Lipinski definition) is 2. The van der Waals surface area contributed by atoms with Crippen LogP contribution >= 0.6 is 0 Å². The molecular formula is C25H32N4O6S. The summed E-state index contributed by atoms with van der Waals surface area (Å²) in [6.07, 6.45) is 6.11. The summed E-state index contributed by atoms with van der Waals surface area (Å²) in [6, 6.07) is 4.69. The van der Waals surface area contributed by atoms with E-state index in [-0.39, 0.29) is 22.2 Å². The van der Waals surface area contributed by atoms with Crippen molar-refractivity contribution in [2.45, 2.75) is 68.1 Å². The van der Waals surface area contributed by atoms with Gasteiger partial charge >= 0.3 is 0 Å². The molecule has 194 valence electrons. The van der Waals surface area contributed by atoms with Crippen LogP contribution in [0.2, 0.25) is 0 Å². The molecule has 0 bridgehead atoms. The molecule has 1 saturated carbocycles. The molecule has 2 aliphatic rings. The number of nitrogens with two attached hydrogens (primary N) is 1. The fourth-order valence-corrected chi connectivity index (χ4v) is 7.03. The maximum absolute atomic E-state index is 13.4. The van der Waals surface area contributed by atoms with Gasteiger partial charge in [-0.05, 0) is 63.1 Å². The summed E-state index contributed by atoms with van der Waals surface area (Å²) in [4.78, 5) is 42.2. The van der Waals surface area contributed by atoms with E-state index < -0.39 is 38.5 Å². The molecule has 0 spiro atoms. The molecule has 2 fully saturated rings. The molecule has 4 rings (SSSR count). The van der Waals surface area contributed by atoms with Crippen molar-refractivity contribution >= 4 is 27.5 Å². The average Bonchev–Trinajstić information content (AvgIpc) is 3.40. The van der Waals surface area contributed by atoms with Crippen LogP contribution < -0.4 is 16.6 Å². The van der Waals surface area contributed by atoms with Crippen LogP contribution in [0.4, 0.5) is 5.82 Å². The Morgan fingerprint density at radius 3 is 2.44 bits per heavy atom. The highest BCUT2D eigenvalue weighted by molar-refractivity contribution is 7.92. The lowest BCUT2D eigenvalue weighted by Crippen LogP contribution is -2.37. The van der Waals surface area contributed by atoms with Crippen molar-refractivity contribution in [1.29, 1.82) is 0 Å². The number of aryl methyl sites for hydroxylation is 1. The molecular weight excluding hydrogens is 484 g/mol. The minimum absolute atomic E-state index is 0.0158. The van der Waals surface area contributed by atoms with Gasteiger partial charge in [-0.3, -0.25) is 14.4 Å². The van der Waals surface area contributed by atoms with E-state index in [1.54, 1.807) is 6.92 Å². The Morgan fingerprint density at radius 2 is 1.86 bits per heavy atom. The Balaban J connectivity index is 1.66. The van der Waals surface area contributed by atoms with Crippen LogP contribution in [0.15, 0.2) is 40.2 Å². The summed E-state index contributed by atoms with van der Waals surface area (Å²) in [7, 11) is -3.61. The van der Waals surface area contributed by atoms with E-state index in [9.17, 15) is 22.8 Å². The van der Waals surface area contributed by atoms with Crippen LogP contribution in [0.25, 0.3) is 0 Å². The zero-order valence-corrected chi connectivity index (χ0v) is 21.1. The third kappa shape index (κ3) is 5.67. The second-order valence-corrected chi connectivity index (χ2v) is 11.8. The molecule has 3 N–H and O–H groups in total. The first-order chi connectivity index (χ1) is 17.2. The van der Waals surface area contributed by atoms with E-state index in [1.807, 2.05) is 0 Å². The van der Waals surface area contributed by atoms with Gasteiger partial charge in [0.2, 0.25) is 11.8 Å². The minimum Gasteiger partial charge on any atom is -0.381 e. The molecule has 1 atom stereocenters. The lowest BCUT2D eigenvalue weighted by molar-refractivity contribution is -0.120. The van der Waals surface area contributed by atoms with E-state index in [0.717, 1.165) is 31.7 Å². The summed E-state index contributed by atoms with van der Waals surface area (Å²) >= 11 is 0. The van der Waals surface area contributed by atoms with Gasteiger partial charge in [-0.2, -0.15) is 0 Å². The molecule has 2 aromatic rings. The fraction of sp³-hybridized carbons (Fsp3) is 0.520. The minimum atomic E-state index is -3.61. The van der Waals surface area contributed by atoms with Crippen LogP contribution in [0.3, 0.4) is 0 Å². The summed E-state index contributed by atoms with van der Waals surface area (Å²) in [5.41, 5.74) is 5.33. The highest BCUT2D eigenvalue weighted by Gasteiger charge is 2.33. The molecule has 1 aliphatic heterocycles. The number of anilines is 1. The number of nitrogens with zero attached hydrogens (tertiary/aromatic N) is 2. The van der Waals surface area contributed by atoms with Crippen molar-refractivity contribution in [2.75, 3.05) is 18.5 Å². The van der Waals surface area contributed by atoms with Crippen LogP contribution in [-0.2, 0) is 19.4 Å². The van der Waals surface area contributed by atoms with E-state index in [2.05, 4.69) is 10.3 Å². The maximum Gasteiger partial charge on any atom is 0.252 e. The van der Waals surface area contributed by atoms with Crippen molar-refractivity contribution < 1.29 is 22.7 Å². The first-order valence-electron chi connectivity index (χ1n) is 12.3.